The lowest BCUT2D eigenvalue weighted by Gasteiger charge is -2.10. The Labute approximate surface area is 183 Å². The van der Waals surface area contributed by atoms with Gasteiger partial charge in [0.15, 0.2) is 15.8 Å². The fourth-order valence-corrected chi connectivity index (χ4v) is 4.28. The number of rotatable bonds is 8. The number of urea groups is 1. The highest BCUT2D eigenvalue weighted by Crippen LogP contribution is 2.30. The van der Waals surface area contributed by atoms with Gasteiger partial charge in [0, 0.05) is 11.8 Å². The molecule has 0 aliphatic heterocycles. The van der Waals surface area contributed by atoms with Crippen LogP contribution in [0.25, 0.3) is 0 Å². The first-order chi connectivity index (χ1) is 14.5. The van der Waals surface area contributed by atoms with Gasteiger partial charge in [0.1, 0.15) is 5.01 Å². The first kappa shape index (κ1) is 21.7. The number of methoxy groups -OCH3 is 2. The fourth-order valence-electron chi connectivity index (χ4n) is 2.12. The van der Waals surface area contributed by atoms with Crippen molar-refractivity contribution in [2.75, 3.05) is 35.9 Å². The lowest BCUT2D eigenvalue weighted by Crippen LogP contribution is -2.19. The third-order valence-electron chi connectivity index (χ3n) is 3.37. The van der Waals surface area contributed by atoms with Crippen molar-refractivity contribution in [3.63, 3.8) is 0 Å². The zero-order valence-corrected chi connectivity index (χ0v) is 18.5. The molecule has 158 valence electrons. The van der Waals surface area contributed by atoms with Crippen LogP contribution in [0.5, 0.6) is 11.5 Å². The lowest BCUT2D eigenvalue weighted by atomic mass is 10.3. The van der Waals surface area contributed by atoms with E-state index in [1.54, 1.807) is 25.1 Å². The van der Waals surface area contributed by atoms with Crippen LogP contribution >= 0.6 is 34.4 Å². The van der Waals surface area contributed by atoms with Crippen LogP contribution in [-0.2, 0) is 4.79 Å². The molecule has 0 radical (unpaired) electrons. The highest BCUT2D eigenvalue weighted by molar-refractivity contribution is 8.01. The van der Waals surface area contributed by atoms with E-state index in [4.69, 9.17) is 9.47 Å². The molecule has 0 aliphatic rings. The van der Waals surface area contributed by atoms with Crippen molar-refractivity contribution >= 4 is 62.3 Å². The number of hydrogen-bond donors (Lipinski definition) is 3. The van der Waals surface area contributed by atoms with E-state index in [1.165, 1.54) is 37.3 Å². The maximum atomic E-state index is 12.2. The van der Waals surface area contributed by atoms with E-state index in [0.29, 0.717) is 31.8 Å². The Hall–Kier alpha value is -2.97. The number of aromatic nitrogens is 4. The topological polar surface area (TPSA) is 140 Å². The SMILES string of the molecule is COc1ccc(NC(=O)Nc2nnc(SCC(=O)Nc3nnc(C)s3)s2)cc1OC. The monoisotopic (exact) mass is 467 g/mol. The van der Waals surface area contributed by atoms with Crippen LogP contribution in [-0.4, -0.2) is 52.3 Å². The molecule has 14 heteroatoms. The minimum Gasteiger partial charge on any atom is -0.493 e. The molecule has 0 unspecified atom stereocenters. The van der Waals surface area contributed by atoms with Gasteiger partial charge in [0.25, 0.3) is 0 Å². The number of ether oxygens (including phenoxy) is 2. The molecule has 3 N–H and O–H groups in total. The van der Waals surface area contributed by atoms with Crippen LogP contribution in [0.1, 0.15) is 5.01 Å². The molecule has 0 bridgehead atoms. The summed E-state index contributed by atoms with van der Waals surface area (Å²) in [6, 6.07) is 4.51. The predicted molar refractivity (Wildman–Crippen MR) is 116 cm³/mol. The van der Waals surface area contributed by atoms with Gasteiger partial charge in [-0.3, -0.25) is 15.4 Å². The molecule has 1 aromatic carbocycles. The minimum atomic E-state index is -0.487. The maximum absolute atomic E-state index is 12.2. The van der Waals surface area contributed by atoms with Crippen LogP contribution in [0.4, 0.5) is 20.7 Å². The minimum absolute atomic E-state index is 0.130. The van der Waals surface area contributed by atoms with Crippen molar-refractivity contribution in [3.8, 4) is 11.5 Å². The molecule has 11 nitrogen and oxygen atoms in total. The maximum Gasteiger partial charge on any atom is 0.325 e. The van der Waals surface area contributed by atoms with Gasteiger partial charge in [0.2, 0.25) is 16.2 Å². The zero-order valence-electron chi connectivity index (χ0n) is 16.1. The Balaban J connectivity index is 1.48. The number of thioether (sulfide) groups is 1. The Kier molecular flexibility index (Phi) is 7.37. The van der Waals surface area contributed by atoms with Crippen molar-refractivity contribution in [3.05, 3.63) is 23.2 Å². The van der Waals surface area contributed by atoms with Crippen molar-refractivity contribution in [2.45, 2.75) is 11.3 Å². The molecular weight excluding hydrogens is 450 g/mol. The van der Waals surface area contributed by atoms with Gasteiger partial charge in [-0.25, -0.2) is 4.79 Å². The highest BCUT2D eigenvalue weighted by atomic mass is 32.2. The largest absolute Gasteiger partial charge is 0.493 e. The summed E-state index contributed by atoms with van der Waals surface area (Å²) in [5, 5.41) is 25.0. The molecule has 0 saturated heterocycles. The van der Waals surface area contributed by atoms with E-state index in [-0.39, 0.29) is 11.7 Å². The molecule has 3 rings (SSSR count). The molecule has 30 heavy (non-hydrogen) atoms. The van der Waals surface area contributed by atoms with E-state index < -0.39 is 6.03 Å². The Bertz CT molecular complexity index is 1040. The van der Waals surface area contributed by atoms with Gasteiger partial charge in [-0.05, 0) is 19.1 Å². The number of benzene rings is 1. The summed E-state index contributed by atoms with van der Waals surface area (Å²) in [5.74, 6) is 0.948. The zero-order chi connectivity index (χ0) is 21.5. The van der Waals surface area contributed by atoms with E-state index >= 15 is 0 Å². The van der Waals surface area contributed by atoms with Gasteiger partial charge in [0.05, 0.1) is 20.0 Å². The van der Waals surface area contributed by atoms with Crippen LogP contribution in [0.3, 0.4) is 0 Å². The van der Waals surface area contributed by atoms with E-state index in [1.807, 2.05) is 0 Å². The summed E-state index contributed by atoms with van der Waals surface area (Å²) < 4.78 is 10.9. The van der Waals surface area contributed by atoms with Gasteiger partial charge in [-0.2, -0.15) is 0 Å². The molecule has 0 aliphatic carbocycles. The van der Waals surface area contributed by atoms with Crippen molar-refractivity contribution in [2.24, 2.45) is 0 Å². The quantitative estimate of drug-likeness (QED) is 0.337. The van der Waals surface area contributed by atoms with Gasteiger partial charge in [-0.15, -0.1) is 20.4 Å². The first-order valence-electron chi connectivity index (χ1n) is 8.33. The van der Waals surface area contributed by atoms with Gasteiger partial charge < -0.3 is 14.8 Å². The first-order valence-corrected chi connectivity index (χ1v) is 10.9. The van der Waals surface area contributed by atoms with E-state index in [0.717, 1.165) is 16.3 Å². The summed E-state index contributed by atoms with van der Waals surface area (Å²) in [4.78, 5) is 24.1. The molecule has 3 aromatic rings. The number of anilines is 3. The third kappa shape index (κ3) is 6.01. The third-order valence-corrected chi connectivity index (χ3v) is 6.09. The second kappa shape index (κ2) is 10.2. The number of carbonyl (C=O) groups excluding carboxylic acids is 2. The second-order valence-corrected chi connectivity index (χ2v) is 8.87. The number of amides is 3. The van der Waals surface area contributed by atoms with Crippen LogP contribution in [0.2, 0.25) is 0 Å². The molecule has 0 fully saturated rings. The van der Waals surface area contributed by atoms with Crippen LogP contribution in [0, 0.1) is 6.92 Å². The second-order valence-electron chi connectivity index (χ2n) is 5.49. The summed E-state index contributed by atoms with van der Waals surface area (Å²) in [6.07, 6.45) is 0. The number of aryl methyl sites for hydroxylation is 1. The van der Waals surface area contributed by atoms with Crippen molar-refractivity contribution in [1.29, 1.82) is 0 Å². The Morgan fingerprint density at radius 3 is 2.40 bits per heavy atom. The average molecular weight is 468 g/mol. The standard InChI is InChI=1S/C16H17N7O4S3/c1-8-20-21-14(29-8)18-12(24)7-28-16-23-22-15(30-16)19-13(25)17-9-4-5-10(26-2)11(6-9)27-3/h4-6H,7H2,1-3H3,(H,18,21,24)(H2,17,19,22,25). The molecule has 0 spiro atoms. The number of nitrogens with one attached hydrogen (secondary N) is 3. The van der Waals surface area contributed by atoms with Gasteiger partial charge >= 0.3 is 6.03 Å². The van der Waals surface area contributed by atoms with Crippen LogP contribution < -0.4 is 25.4 Å². The fraction of sp³-hybridized carbons (Fsp3) is 0.250. The molecule has 2 heterocycles. The summed E-state index contributed by atoms with van der Waals surface area (Å²) >= 11 is 3.65. The molecule has 3 amide bonds. The summed E-state index contributed by atoms with van der Waals surface area (Å²) in [7, 11) is 3.04. The van der Waals surface area contributed by atoms with Gasteiger partial charge in [-0.1, -0.05) is 34.4 Å². The number of carbonyl (C=O) groups is 2. The molecule has 0 atom stereocenters. The van der Waals surface area contributed by atoms with Crippen LogP contribution in [0.15, 0.2) is 22.5 Å². The number of nitrogens with zero attached hydrogens (tertiary/aromatic N) is 4. The smallest absolute Gasteiger partial charge is 0.325 e. The lowest BCUT2D eigenvalue weighted by molar-refractivity contribution is -0.113. The molecular formula is C16H17N7O4S3. The average Bonchev–Trinajstić information content (AvgIpc) is 3.34. The number of hydrogen-bond acceptors (Lipinski definition) is 11. The Morgan fingerprint density at radius 1 is 0.967 bits per heavy atom. The molecule has 2 aromatic heterocycles. The summed E-state index contributed by atoms with van der Waals surface area (Å²) in [6.45, 7) is 1.80. The predicted octanol–water partition coefficient (Wildman–Crippen LogP) is 3.09. The normalized spacial score (nSPS) is 10.4. The van der Waals surface area contributed by atoms with E-state index in [2.05, 4.69) is 36.3 Å². The Morgan fingerprint density at radius 2 is 1.70 bits per heavy atom. The van der Waals surface area contributed by atoms with E-state index in [9.17, 15) is 9.59 Å². The van der Waals surface area contributed by atoms with Crippen molar-refractivity contribution in [1.82, 2.24) is 20.4 Å². The molecule has 0 saturated carbocycles. The van der Waals surface area contributed by atoms with Crippen molar-refractivity contribution < 1.29 is 19.1 Å². The summed E-state index contributed by atoms with van der Waals surface area (Å²) in [5.41, 5.74) is 0.521. The highest BCUT2D eigenvalue weighted by Gasteiger charge is 2.13.